The fourth-order valence-electron chi connectivity index (χ4n) is 3.01. The number of nitrogens with zero attached hydrogens (tertiary/aromatic N) is 2. The standard InChI is InChI=1S/C20H27N3O2/c1-3-9-18(23-14-7-5-4-6-8-15-23)19(24)20(25)22-16(2)17-10-12-21-13-11-17/h5,7,10-13,16,18-19,24H,3,8-9,14-15H2,1-2H3,(H,22,25). The molecule has 0 fully saturated rings. The van der Waals surface area contributed by atoms with Gasteiger partial charge in [0, 0.05) is 37.9 Å². The number of carbonyl (C=O) groups excluding carboxylic acids is 1. The molecule has 0 bridgehead atoms. The third-order valence-corrected chi connectivity index (χ3v) is 4.42. The Morgan fingerprint density at radius 3 is 2.92 bits per heavy atom. The maximum Gasteiger partial charge on any atom is 0.250 e. The molecule has 0 aliphatic carbocycles. The van der Waals surface area contributed by atoms with E-state index in [9.17, 15) is 9.90 Å². The number of aromatic nitrogens is 1. The Kier molecular flexibility index (Phi) is 7.65. The number of carbonyl (C=O) groups is 1. The lowest BCUT2D eigenvalue weighted by Crippen LogP contribution is -2.51. The molecule has 134 valence electrons. The van der Waals surface area contributed by atoms with Crippen LogP contribution in [0.3, 0.4) is 0 Å². The van der Waals surface area contributed by atoms with Crippen molar-refractivity contribution in [3.05, 3.63) is 42.2 Å². The van der Waals surface area contributed by atoms with Gasteiger partial charge in [-0.3, -0.25) is 14.7 Å². The van der Waals surface area contributed by atoms with Gasteiger partial charge in [0.05, 0.1) is 6.04 Å². The Labute approximate surface area is 150 Å². The van der Waals surface area contributed by atoms with Gasteiger partial charge in [-0.05, 0) is 37.1 Å². The van der Waals surface area contributed by atoms with E-state index in [1.807, 2.05) is 31.2 Å². The molecule has 0 spiro atoms. The van der Waals surface area contributed by atoms with Crippen molar-refractivity contribution in [2.24, 2.45) is 0 Å². The fourth-order valence-corrected chi connectivity index (χ4v) is 3.01. The first kappa shape index (κ1) is 19.2. The highest BCUT2D eigenvalue weighted by atomic mass is 16.3. The maximum absolute atomic E-state index is 12.6. The molecule has 5 nitrogen and oxygen atoms in total. The topological polar surface area (TPSA) is 65.5 Å². The van der Waals surface area contributed by atoms with E-state index in [0.717, 1.165) is 31.4 Å². The van der Waals surface area contributed by atoms with Crippen LogP contribution in [0.4, 0.5) is 0 Å². The Morgan fingerprint density at radius 1 is 1.44 bits per heavy atom. The van der Waals surface area contributed by atoms with Crippen molar-refractivity contribution in [2.75, 3.05) is 13.1 Å². The van der Waals surface area contributed by atoms with Gasteiger partial charge < -0.3 is 10.4 Å². The Morgan fingerprint density at radius 2 is 2.20 bits per heavy atom. The lowest BCUT2D eigenvalue weighted by molar-refractivity contribution is -0.133. The molecule has 1 aliphatic heterocycles. The van der Waals surface area contributed by atoms with Crippen molar-refractivity contribution in [3.63, 3.8) is 0 Å². The van der Waals surface area contributed by atoms with E-state index in [2.05, 4.69) is 34.0 Å². The fraction of sp³-hybridized carbons (Fsp3) is 0.500. The van der Waals surface area contributed by atoms with Crippen molar-refractivity contribution >= 4 is 5.91 Å². The van der Waals surface area contributed by atoms with Crippen LogP contribution in [0, 0.1) is 11.8 Å². The summed E-state index contributed by atoms with van der Waals surface area (Å²) in [5.74, 6) is 5.71. The summed E-state index contributed by atoms with van der Waals surface area (Å²) in [6, 6.07) is 3.34. The number of aliphatic hydroxyl groups excluding tert-OH is 1. The molecule has 0 saturated heterocycles. The van der Waals surface area contributed by atoms with Crippen LogP contribution in [0.1, 0.15) is 44.7 Å². The van der Waals surface area contributed by atoms with Gasteiger partial charge in [-0.15, -0.1) is 0 Å². The number of hydrogen-bond donors (Lipinski definition) is 2. The van der Waals surface area contributed by atoms with Crippen molar-refractivity contribution in [3.8, 4) is 11.8 Å². The van der Waals surface area contributed by atoms with E-state index < -0.39 is 6.10 Å². The number of allylic oxidation sites excluding steroid dienone is 1. The minimum absolute atomic E-state index is 0.175. The molecule has 1 amide bonds. The molecule has 1 aromatic heterocycles. The van der Waals surface area contributed by atoms with Gasteiger partial charge in [-0.25, -0.2) is 0 Å². The minimum atomic E-state index is -1.06. The van der Waals surface area contributed by atoms with Crippen LogP contribution < -0.4 is 5.32 Å². The van der Waals surface area contributed by atoms with Crippen molar-refractivity contribution in [1.29, 1.82) is 0 Å². The number of rotatable bonds is 7. The molecule has 2 rings (SSSR count). The largest absolute Gasteiger partial charge is 0.382 e. The van der Waals surface area contributed by atoms with Crippen LogP contribution in [0.15, 0.2) is 36.7 Å². The van der Waals surface area contributed by atoms with E-state index in [-0.39, 0.29) is 18.0 Å². The smallest absolute Gasteiger partial charge is 0.250 e. The van der Waals surface area contributed by atoms with E-state index in [4.69, 9.17) is 0 Å². The molecule has 2 heterocycles. The molecule has 0 saturated carbocycles. The second-order valence-electron chi connectivity index (χ2n) is 6.28. The first-order valence-electron chi connectivity index (χ1n) is 8.89. The van der Waals surface area contributed by atoms with Gasteiger partial charge >= 0.3 is 0 Å². The Hall–Kier alpha value is -2.16. The number of hydrogen-bond acceptors (Lipinski definition) is 4. The predicted molar refractivity (Wildman–Crippen MR) is 98.6 cm³/mol. The quantitative estimate of drug-likeness (QED) is 0.745. The molecule has 2 N–H and O–H groups in total. The summed E-state index contributed by atoms with van der Waals surface area (Å²) >= 11 is 0. The number of amides is 1. The first-order valence-corrected chi connectivity index (χ1v) is 8.89. The molecule has 0 aromatic carbocycles. The van der Waals surface area contributed by atoms with Crippen LogP contribution in [0.25, 0.3) is 0 Å². The summed E-state index contributed by atoms with van der Waals surface area (Å²) in [7, 11) is 0. The second kappa shape index (κ2) is 9.97. The highest BCUT2D eigenvalue weighted by Gasteiger charge is 2.30. The van der Waals surface area contributed by atoms with Crippen LogP contribution in [-0.2, 0) is 4.79 Å². The molecule has 5 heteroatoms. The Balaban J connectivity index is 2.03. The average Bonchev–Trinajstić information content (AvgIpc) is 2.60. The van der Waals surface area contributed by atoms with E-state index in [0.29, 0.717) is 6.54 Å². The maximum atomic E-state index is 12.6. The van der Waals surface area contributed by atoms with Crippen molar-refractivity contribution in [2.45, 2.75) is 51.3 Å². The lowest BCUT2D eigenvalue weighted by atomic mass is 10.0. The monoisotopic (exact) mass is 341 g/mol. The second-order valence-corrected chi connectivity index (χ2v) is 6.28. The highest BCUT2D eigenvalue weighted by molar-refractivity contribution is 5.81. The Bertz CT molecular complexity index is 633. The molecular weight excluding hydrogens is 314 g/mol. The molecule has 0 radical (unpaired) electrons. The van der Waals surface area contributed by atoms with E-state index in [1.165, 1.54) is 0 Å². The third kappa shape index (κ3) is 5.70. The zero-order valence-electron chi connectivity index (χ0n) is 15.0. The van der Waals surface area contributed by atoms with E-state index in [1.54, 1.807) is 12.4 Å². The average molecular weight is 341 g/mol. The third-order valence-electron chi connectivity index (χ3n) is 4.42. The molecule has 1 aliphatic rings. The summed E-state index contributed by atoms with van der Waals surface area (Å²) in [5, 5.41) is 13.6. The van der Waals surface area contributed by atoms with Gasteiger partial charge in [-0.1, -0.05) is 31.3 Å². The number of nitrogens with one attached hydrogen (secondary N) is 1. The molecular formula is C20H27N3O2. The van der Waals surface area contributed by atoms with Crippen LogP contribution in [0.2, 0.25) is 0 Å². The molecule has 25 heavy (non-hydrogen) atoms. The zero-order chi connectivity index (χ0) is 18.1. The van der Waals surface area contributed by atoms with Crippen LogP contribution >= 0.6 is 0 Å². The molecule has 3 atom stereocenters. The van der Waals surface area contributed by atoms with Gasteiger partial charge in [0.15, 0.2) is 0 Å². The SMILES string of the molecule is CCCC(C(O)C(=O)NC(C)c1ccncc1)N1CC=CC#CCC1. The summed E-state index contributed by atoms with van der Waals surface area (Å²) in [5.41, 5.74) is 0.965. The number of pyridine rings is 1. The minimum Gasteiger partial charge on any atom is -0.382 e. The van der Waals surface area contributed by atoms with Gasteiger partial charge in [0.1, 0.15) is 6.10 Å². The summed E-state index contributed by atoms with van der Waals surface area (Å²) in [4.78, 5) is 18.7. The van der Waals surface area contributed by atoms with Gasteiger partial charge in [0.2, 0.25) is 0 Å². The summed E-state index contributed by atoms with van der Waals surface area (Å²) in [6.07, 6.45) is 8.56. The van der Waals surface area contributed by atoms with Gasteiger partial charge in [0.25, 0.3) is 5.91 Å². The summed E-state index contributed by atoms with van der Waals surface area (Å²) in [6.45, 7) is 5.43. The number of aliphatic hydroxyl groups is 1. The van der Waals surface area contributed by atoms with Crippen molar-refractivity contribution < 1.29 is 9.90 Å². The lowest BCUT2D eigenvalue weighted by Gasteiger charge is -2.34. The van der Waals surface area contributed by atoms with Crippen LogP contribution in [0.5, 0.6) is 0 Å². The summed E-state index contributed by atoms with van der Waals surface area (Å²) < 4.78 is 0. The molecule has 1 aromatic rings. The van der Waals surface area contributed by atoms with Crippen LogP contribution in [-0.4, -0.2) is 46.1 Å². The molecule has 3 unspecified atom stereocenters. The zero-order valence-corrected chi connectivity index (χ0v) is 15.0. The van der Waals surface area contributed by atoms with Crippen molar-refractivity contribution in [1.82, 2.24) is 15.2 Å². The normalized spacial score (nSPS) is 18.2. The predicted octanol–water partition coefficient (Wildman–Crippen LogP) is 2.05. The van der Waals surface area contributed by atoms with E-state index >= 15 is 0 Å². The highest BCUT2D eigenvalue weighted by Crippen LogP contribution is 2.16. The van der Waals surface area contributed by atoms with Gasteiger partial charge in [-0.2, -0.15) is 0 Å². The first-order chi connectivity index (χ1) is 12.1.